The van der Waals surface area contributed by atoms with E-state index in [9.17, 15) is 4.79 Å². The monoisotopic (exact) mass is 402 g/mol. The predicted octanol–water partition coefficient (Wildman–Crippen LogP) is 8.01. The van der Waals surface area contributed by atoms with Crippen LogP contribution >= 0.6 is 11.6 Å². The minimum absolute atomic E-state index is 0. The molecule has 0 amide bonds. The number of benzene rings is 1. The molecule has 0 aliphatic carbocycles. The maximum atomic E-state index is 10.9. The van der Waals surface area contributed by atoms with E-state index in [0.29, 0.717) is 11.8 Å². The molecule has 0 N–H and O–H groups in total. The van der Waals surface area contributed by atoms with Gasteiger partial charge in [0, 0.05) is 6.51 Å². The van der Waals surface area contributed by atoms with Crippen molar-refractivity contribution in [1.82, 2.24) is 0 Å². The van der Waals surface area contributed by atoms with E-state index in [1.165, 1.54) is 12.0 Å². The second kappa shape index (κ2) is 21.3. The van der Waals surface area contributed by atoms with Crippen molar-refractivity contribution < 1.29 is 9.53 Å². The van der Waals surface area contributed by atoms with E-state index in [-0.39, 0.29) is 36.2 Å². The number of halogens is 1. The number of ether oxygens (including phenoxy) is 1. The predicted molar refractivity (Wildman–Crippen MR) is 129 cm³/mol. The highest BCUT2D eigenvalue weighted by atomic mass is 35.5. The van der Waals surface area contributed by atoms with Crippen molar-refractivity contribution >= 4 is 25.4 Å². The third kappa shape index (κ3) is 16.9. The van der Waals surface area contributed by atoms with Crippen molar-refractivity contribution in [3.05, 3.63) is 35.9 Å². The first-order chi connectivity index (χ1) is 10.7. The zero-order valence-corrected chi connectivity index (χ0v) is 16.5. The molecule has 1 unspecified atom stereocenters. The van der Waals surface area contributed by atoms with Gasteiger partial charge in [0.1, 0.15) is 12.7 Å². The Balaban J connectivity index is -0.0000000660. The lowest BCUT2D eigenvalue weighted by Crippen LogP contribution is -2.30. The van der Waals surface area contributed by atoms with Crippen LogP contribution in [0.3, 0.4) is 0 Å². The van der Waals surface area contributed by atoms with Crippen LogP contribution in [0.5, 0.6) is 0 Å². The smallest absolute Gasteiger partial charge is 0.326 e. The molecule has 0 aliphatic heterocycles. The fourth-order valence-corrected chi connectivity index (χ4v) is 1.52. The highest BCUT2D eigenvalue weighted by Gasteiger charge is 2.29. The van der Waals surface area contributed by atoms with Crippen LogP contribution in [0, 0.1) is 0 Å². The number of carbonyl (C=O) groups is 1. The summed E-state index contributed by atoms with van der Waals surface area (Å²) in [4.78, 5) is 9.94. The Bertz CT molecular complexity index is 418. The van der Waals surface area contributed by atoms with Crippen LogP contribution in [0.2, 0.25) is 0 Å². The van der Waals surface area contributed by atoms with Crippen LogP contribution in [-0.2, 0) is 14.9 Å². The summed E-state index contributed by atoms with van der Waals surface area (Å²) in [5.41, 5.74) is 1.77. The Morgan fingerprint density at radius 3 is 1.67 bits per heavy atom. The molecule has 2 radical (unpaired) electrons. The molecule has 1 rings (SSSR count). The Morgan fingerprint density at radius 1 is 0.963 bits per heavy atom. The molecule has 0 heterocycles. The molecule has 27 heavy (non-hydrogen) atoms. The van der Waals surface area contributed by atoms with Crippen molar-refractivity contribution in [2.75, 3.05) is 6.51 Å². The molecule has 1 aromatic carbocycles. The lowest BCUT2D eigenvalue weighted by atomic mass is 9.82. The topological polar surface area (TPSA) is 26.3 Å². The summed E-state index contributed by atoms with van der Waals surface area (Å²) in [6.45, 7) is 14.1. The average Bonchev–Trinajstić information content (AvgIpc) is 2.58. The standard InChI is InChI=1S/C11H16.C6H10BClO2.C2H6.4CH4/c1-4-11(2,3)10-8-6-5-7-9-10;1-3-6(2,8)5(9)10-4-7;1-2;;;;/h5-9H,4H2,1-3H3;3-4H2,1-2H3;1-2H3;4*1H4. The molecule has 2 nitrogen and oxygen atoms in total. The molecule has 0 aromatic heterocycles. The molecule has 4 heteroatoms. The number of hydrogen-bond donors (Lipinski definition) is 0. The minimum atomic E-state index is -0.917. The third-order valence-corrected chi connectivity index (χ3v) is 4.16. The van der Waals surface area contributed by atoms with Gasteiger partial charge in [-0.3, -0.25) is 4.79 Å². The highest BCUT2D eigenvalue weighted by Crippen LogP contribution is 2.25. The zero-order chi connectivity index (χ0) is 18.5. The maximum absolute atomic E-state index is 10.9. The van der Waals surface area contributed by atoms with E-state index in [0.717, 1.165) is 0 Å². The summed E-state index contributed by atoms with van der Waals surface area (Å²) in [7, 11) is 4.98. The zero-order valence-electron chi connectivity index (χ0n) is 15.8. The van der Waals surface area contributed by atoms with E-state index < -0.39 is 10.8 Å². The molecule has 1 aromatic rings. The summed E-state index contributed by atoms with van der Waals surface area (Å²) in [5, 5.41) is 0. The second-order valence-electron chi connectivity index (χ2n) is 5.75. The SMILES string of the molecule is C.C.C.C.CC.CCC(C)(C)c1ccccc1.[B]COC(=O)C(C)(Cl)CC. The molecule has 0 bridgehead atoms. The molecule has 0 spiro atoms. The van der Waals surface area contributed by atoms with Gasteiger partial charge in [-0.05, 0) is 30.7 Å². The fraction of sp³-hybridized carbons (Fsp3) is 0.696. The molecular formula is C23H48BClO2. The van der Waals surface area contributed by atoms with E-state index >= 15 is 0 Å². The molecule has 0 fully saturated rings. The normalized spacial score (nSPS) is 10.8. The number of esters is 1. The van der Waals surface area contributed by atoms with Crippen molar-refractivity contribution in [2.24, 2.45) is 0 Å². The first kappa shape index (κ1) is 40.7. The lowest BCUT2D eigenvalue weighted by molar-refractivity contribution is -0.144. The lowest BCUT2D eigenvalue weighted by Gasteiger charge is -2.22. The van der Waals surface area contributed by atoms with Gasteiger partial charge in [-0.25, -0.2) is 0 Å². The number of carbonyl (C=O) groups excluding carboxylic acids is 1. The molecular weight excluding hydrogens is 355 g/mol. The second-order valence-corrected chi connectivity index (χ2v) is 6.59. The van der Waals surface area contributed by atoms with Gasteiger partial charge in [-0.15, -0.1) is 11.6 Å². The van der Waals surface area contributed by atoms with Gasteiger partial charge in [0.05, 0.1) is 0 Å². The molecule has 0 saturated heterocycles. The molecule has 162 valence electrons. The van der Waals surface area contributed by atoms with Crippen molar-refractivity contribution in [3.8, 4) is 0 Å². The number of alkyl halides is 1. The maximum Gasteiger partial charge on any atom is 0.326 e. The van der Waals surface area contributed by atoms with Gasteiger partial charge < -0.3 is 4.74 Å². The Labute approximate surface area is 178 Å². The van der Waals surface area contributed by atoms with Crippen LogP contribution < -0.4 is 0 Å². The number of hydrogen-bond acceptors (Lipinski definition) is 2. The van der Waals surface area contributed by atoms with Crippen molar-refractivity contribution in [2.45, 2.75) is 101 Å². The van der Waals surface area contributed by atoms with E-state index in [1.807, 2.05) is 20.8 Å². The van der Waals surface area contributed by atoms with Crippen molar-refractivity contribution in [3.63, 3.8) is 0 Å². The summed E-state index contributed by atoms with van der Waals surface area (Å²) in [5.74, 6) is -0.459. The first-order valence-corrected chi connectivity index (χ1v) is 8.70. The van der Waals surface area contributed by atoms with Crippen molar-refractivity contribution in [1.29, 1.82) is 0 Å². The Hall–Kier alpha value is -0.955. The summed E-state index contributed by atoms with van der Waals surface area (Å²) in [6.07, 6.45) is 1.73. The van der Waals surface area contributed by atoms with E-state index in [1.54, 1.807) is 6.92 Å². The summed E-state index contributed by atoms with van der Waals surface area (Å²) >= 11 is 5.72. The Kier molecular flexibility index (Phi) is 32.1. The molecule has 0 saturated carbocycles. The highest BCUT2D eigenvalue weighted by molar-refractivity contribution is 6.33. The van der Waals surface area contributed by atoms with Gasteiger partial charge >= 0.3 is 5.97 Å². The van der Waals surface area contributed by atoms with Crippen LogP contribution in [-0.4, -0.2) is 25.2 Å². The quantitative estimate of drug-likeness (QED) is 0.283. The first-order valence-electron chi connectivity index (χ1n) is 8.33. The van der Waals surface area contributed by atoms with Gasteiger partial charge in [0.25, 0.3) is 0 Å². The third-order valence-electron chi connectivity index (χ3n) is 3.74. The van der Waals surface area contributed by atoms with Crippen LogP contribution in [0.15, 0.2) is 30.3 Å². The van der Waals surface area contributed by atoms with Crippen LogP contribution in [0.4, 0.5) is 0 Å². The van der Waals surface area contributed by atoms with E-state index in [2.05, 4.69) is 55.8 Å². The largest absolute Gasteiger partial charge is 0.475 e. The van der Waals surface area contributed by atoms with Gasteiger partial charge in [-0.1, -0.05) is 102 Å². The van der Waals surface area contributed by atoms with Crippen LogP contribution in [0.25, 0.3) is 0 Å². The fourth-order valence-electron chi connectivity index (χ4n) is 1.46. The Morgan fingerprint density at radius 2 is 1.37 bits per heavy atom. The van der Waals surface area contributed by atoms with Gasteiger partial charge in [0.2, 0.25) is 0 Å². The number of rotatable bonds is 5. The molecule has 0 aliphatic rings. The van der Waals surface area contributed by atoms with Gasteiger partial charge in [-0.2, -0.15) is 0 Å². The summed E-state index contributed by atoms with van der Waals surface area (Å²) < 4.78 is 4.50. The van der Waals surface area contributed by atoms with Crippen LogP contribution in [0.1, 0.15) is 96.6 Å². The van der Waals surface area contributed by atoms with Gasteiger partial charge in [0.15, 0.2) is 0 Å². The van der Waals surface area contributed by atoms with E-state index in [4.69, 9.17) is 19.4 Å². The summed E-state index contributed by atoms with van der Waals surface area (Å²) in [6, 6.07) is 10.7. The molecule has 1 atom stereocenters. The average molecular weight is 403 g/mol. The minimum Gasteiger partial charge on any atom is -0.475 e.